The predicted molar refractivity (Wildman–Crippen MR) is 222 cm³/mol. The van der Waals surface area contributed by atoms with Crippen LogP contribution < -0.4 is 0 Å². The first kappa shape index (κ1) is 30.3. The van der Waals surface area contributed by atoms with Crippen LogP contribution in [0.3, 0.4) is 0 Å². The number of hydrogen-bond acceptors (Lipinski definition) is 3. The quantitative estimate of drug-likeness (QED) is 0.181. The van der Waals surface area contributed by atoms with Crippen LogP contribution in [0.1, 0.15) is 0 Å². The van der Waals surface area contributed by atoms with Crippen molar-refractivity contribution in [1.29, 1.82) is 0 Å². The highest BCUT2D eigenvalue weighted by molar-refractivity contribution is 6.31. The third-order valence-electron chi connectivity index (χ3n) is 10.5. The minimum atomic E-state index is 0.630. The van der Waals surface area contributed by atoms with Crippen LogP contribution in [0.15, 0.2) is 188 Å². The third-order valence-corrected chi connectivity index (χ3v) is 10.5. The van der Waals surface area contributed by atoms with Crippen molar-refractivity contribution in [2.75, 3.05) is 0 Å². The van der Waals surface area contributed by atoms with Gasteiger partial charge in [0.2, 0.25) is 0 Å². The summed E-state index contributed by atoms with van der Waals surface area (Å²) in [5.41, 5.74) is 9.69. The summed E-state index contributed by atoms with van der Waals surface area (Å²) in [4.78, 5) is 15.0. The fourth-order valence-electron chi connectivity index (χ4n) is 8.17. The highest BCUT2D eigenvalue weighted by Gasteiger charge is 2.22. The largest absolute Gasteiger partial charge is 0.309 e. The van der Waals surface area contributed by atoms with Crippen molar-refractivity contribution in [2.24, 2.45) is 0 Å². The SMILES string of the molecule is c1ccc(-c2nc(-c3ccccc3)nc(-c3cccc(-n4c5ccccc5c5c6c7ccc8ccccc8c7n(-c7ccccc7)c6ccc54)c3)n2)cc1. The molecule has 0 atom stereocenters. The van der Waals surface area contributed by atoms with E-state index in [1.807, 2.05) is 60.7 Å². The van der Waals surface area contributed by atoms with Gasteiger partial charge in [-0.3, -0.25) is 0 Å². The van der Waals surface area contributed by atoms with E-state index in [2.05, 4.69) is 137 Å². The lowest BCUT2D eigenvalue weighted by molar-refractivity contribution is 1.07. The molecule has 0 bridgehead atoms. The Hall–Kier alpha value is -7.37. The summed E-state index contributed by atoms with van der Waals surface area (Å²) in [5.74, 6) is 1.92. The zero-order chi connectivity index (χ0) is 35.6. The number of rotatable bonds is 5. The molecule has 11 aromatic rings. The molecule has 11 rings (SSSR count). The fraction of sp³-hybridized carbons (Fsp3) is 0. The molecular formula is C49H31N5. The molecule has 0 saturated heterocycles. The van der Waals surface area contributed by atoms with E-state index in [4.69, 9.17) is 15.0 Å². The normalized spacial score (nSPS) is 11.7. The Bertz CT molecular complexity index is 3140. The van der Waals surface area contributed by atoms with Gasteiger partial charge in [-0.25, -0.2) is 15.0 Å². The van der Waals surface area contributed by atoms with E-state index in [9.17, 15) is 0 Å². The average molecular weight is 690 g/mol. The lowest BCUT2D eigenvalue weighted by Gasteiger charge is -2.12. The van der Waals surface area contributed by atoms with E-state index in [1.54, 1.807) is 0 Å². The molecule has 8 aromatic carbocycles. The van der Waals surface area contributed by atoms with Crippen LogP contribution in [0.25, 0.3) is 99.9 Å². The minimum Gasteiger partial charge on any atom is -0.309 e. The van der Waals surface area contributed by atoms with Crippen LogP contribution in [0.5, 0.6) is 0 Å². The third kappa shape index (κ3) is 4.69. The van der Waals surface area contributed by atoms with E-state index >= 15 is 0 Å². The summed E-state index contributed by atoms with van der Waals surface area (Å²) in [6, 6.07) is 66.2. The topological polar surface area (TPSA) is 48.5 Å². The van der Waals surface area contributed by atoms with Crippen LogP contribution in [0.2, 0.25) is 0 Å². The standard InChI is InChI=1S/C49H31N5/c1-4-16-33(17-5-1)47-50-48(34-18-6-2-7-19-34)52-49(51-47)35-20-14-23-37(31-35)53-41-26-13-12-25-39(41)44-42(53)29-30-43-45(44)40-28-27-32-15-10-11-24-38(32)46(40)54(43)36-21-8-3-9-22-36/h1-31H. The van der Waals surface area contributed by atoms with Crippen molar-refractivity contribution in [1.82, 2.24) is 24.1 Å². The molecule has 0 aliphatic rings. The first-order valence-corrected chi connectivity index (χ1v) is 18.2. The van der Waals surface area contributed by atoms with Crippen LogP contribution in [-0.4, -0.2) is 24.1 Å². The molecule has 0 N–H and O–H groups in total. The Kier molecular flexibility index (Phi) is 6.79. The zero-order valence-electron chi connectivity index (χ0n) is 29.1. The van der Waals surface area contributed by atoms with Crippen LogP contribution in [0.4, 0.5) is 0 Å². The van der Waals surface area contributed by atoms with Crippen molar-refractivity contribution < 1.29 is 0 Å². The Balaban J connectivity index is 1.18. The van der Waals surface area contributed by atoms with E-state index in [0.29, 0.717) is 17.5 Å². The van der Waals surface area contributed by atoms with Gasteiger partial charge in [0.1, 0.15) is 0 Å². The molecule has 0 saturated carbocycles. The molecule has 3 heterocycles. The second-order valence-electron chi connectivity index (χ2n) is 13.6. The summed E-state index contributed by atoms with van der Waals surface area (Å²) < 4.78 is 4.83. The van der Waals surface area contributed by atoms with Gasteiger partial charge in [0.15, 0.2) is 17.5 Å². The van der Waals surface area contributed by atoms with Gasteiger partial charge in [-0.15, -0.1) is 0 Å². The highest BCUT2D eigenvalue weighted by atomic mass is 15.0. The first-order valence-electron chi connectivity index (χ1n) is 18.2. The first-order chi connectivity index (χ1) is 26.8. The number of nitrogens with zero attached hydrogens (tertiary/aromatic N) is 5. The molecule has 5 nitrogen and oxygen atoms in total. The summed E-state index contributed by atoms with van der Waals surface area (Å²) in [6.45, 7) is 0. The van der Waals surface area contributed by atoms with Crippen molar-refractivity contribution in [3.8, 4) is 45.5 Å². The molecule has 0 radical (unpaired) electrons. The van der Waals surface area contributed by atoms with Gasteiger partial charge >= 0.3 is 0 Å². The maximum Gasteiger partial charge on any atom is 0.164 e. The Morgan fingerprint density at radius 3 is 1.54 bits per heavy atom. The van der Waals surface area contributed by atoms with Gasteiger partial charge in [0, 0.05) is 55.0 Å². The zero-order valence-corrected chi connectivity index (χ0v) is 29.1. The molecule has 0 fully saturated rings. The smallest absolute Gasteiger partial charge is 0.164 e. The number of aromatic nitrogens is 5. The predicted octanol–water partition coefficient (Wildman–Crippen LogP) is 12.2. The Morgan fingerprint density at radius 2 is 0.833 bits per heavy atom. The number of benzene rings is 8. The summed E-state index contributed by atoms with van der Waals surface area (Å²) in [6.07, 6.45) is 0. The van der Waals surface area contributed by atoms with Gasteiger partial charge in [-0.2, -0.15) is 0 Å². The van der Waals surface area contributed by atoms with E-state index < -0.39 is 0 Å². The second kappa shape index (κ2) is 12.1. The molecule has 0 spiro atoms. The monoisotopic (exact) mass is 689 g/mol. The van der Waals surface area contributed by atoms with Crippen molar-refractivity contribution in [2.45, 2.75) is 0 Å². The van der Waals surface area contributed by atoms with E-state index in [-0.39, 0.29) is 0 Å². The highest BCUT2D eigenvalue weighted by Crippen LogP contribution is 2.44. The fourth-order valence-corrected chi connectivity index (χ4v) is 8.17. The number of fused-ring (bicyclic) bond motifs is 9. The van der Waals surface area contributed by atoms with Gasteiger partial charge in [0.25, 0.3) is 0 Å². The Morgan fingerprint density at radius 1 is 0.315 bits per heavy atom. The molecule has 0 aliphatic heterocycles. The summed E-state index contributed by atoms with van der Waals surface area (Å²) in [7, 11) is 0. The van der Waals surface area contributed by atoms with Crippen LogP contribution in [0, 0.1) is 0 Å². The second-order valence-corrected chi connectivity index (χ2v) is 13.6. The minimum absolute atomic E-state index is 0.630. The molecular weight excluding hydrogens is 659 g/mol. The van der Waals surface area contributed by atoms with E-state index in [1.165, 1.54) is 43.4 Å². The lowest BCUT2D eigenvalue weighted by Crippen LogP contribution is -2.01. The molecule has 252 valence electrons. The molecule has 0 amide bonds. The van der Waals surface area contributed by atoms with Crippen LogP contribution in [-0.2, 0) is 0 Å². The van der Waals surface area contributed by atoms with Crippen molar-refractivity contribution in [3.63, 3.8) is 0 Å². The van der Waals surface area contributed by atoms with Gasteiger partial charge in [-0.1, -0.05) is 146 Å². The molecule has 0 aliphatic carbocycles. The summed E-state index contributed by atoms with van der Waals surface area (Å²) >= 11 is 0. The molecule has 3 aromatic heterocycles. The maximum atomic E-state index is 5.04. The Labute approximate surface area is 311 Å². The van der Waals surface area contributed by atoms with E-state index in [0.717, 1.165) is 39.1 Å². The van der Waals surface area contributed by atoms with Gasteiger partial charge in [0.05, 0.1) is 22.1 Å². The van der Waals surface area contributed by atoms with Crippen molar-refractivity contribution >= 4 is 54.4 Å². The summed E-state index contributed by atoms with van der Waals surface area (Å²) in [5, 5.41) is 7.40. The number of hydrogen-bond donors (Lipinski definition) is 0. The van der Waals surface area contributed by atoms with Crippen LogP contribution >= 0.6 is 0 Å². The van der Waals surface area contributed by atoms with Gasteiger partial charge < -0.3 is 9.13 Å². The maximum absolute atomic E-state index is 5.04. The molecule has 5 heteroatoms. The van der Waals surface area contributed by atoms with Crippen molar-refractivity contribution in [3.05, 3.63) is 188 Å². The average Bonchev–Trinajstić information content (AvgIpc) is 3.78. The van der Waals surface area contributed by atoms with Gasteiger partial charge in [-0.05, 0) is 47.9 Å². The number of para-hydroxylation sites is 2. The molecule has 0 unspecified atom stereocenters. The molecule has 54 heavy (non-hydrogen) atoms. The lowest BCUT2D eigenvalue weighted by atomic mass is 10.0.